The first kappa shape index (κ1) is 42.9. The number of anilines is 2. The zero-order valence-corrected chi connectivity index (χ0v) is 32.6. The Morgan fingerprint density at radius 3 is 1.28 bits per heavy atom. The molecular formula is C32H24BN7O16S4. The molecule has 12 N–H and O–H groups in total. The maximum atomic E-state index is 12.2. The van der Waals surface area contributed by atoms with Crippen molar-refractivity contribution in [2.75, 3.05) is 11.5 Å². The van der Waals surface area contributed by atoms with Crippen molar-refractivity contribution in [3.05, 3.63) is 72.8 Å². The van der Waals surface area contributed by atoms with Crippen LogP contribution < -0.4 is 16.9 Å². The van der Waals surface area contributed by atoms with Crippen LogP contribution in [0, 0.1) is 0 Å². The SMILES string of the molecule is Nc1cc(S(=O)(=O)O)cc2cc(S(=O)(=O)O)c(/N=N/c3ccc(/B=N/c4ccc(/N=N/c5c(S(=O)(=O)O)cc6cc(S(=O)(=O)O)cc(N)c6c5O)c(O)c4)cc3O)c(O)c12. The minimum absolute atomic E-state index is 0.0943. The number of phenolic OH excluding ortho intramolecular Hbond substituents is 4. The molecule has 0 atom stereocenters. The minimum atomic E-state index is -5.15. The molecule has 0 saturated carbocycles. The molecule has 0 fully saturated rings. The van der Waals surface area contributed by atoms with E-state index in [4.69, 9.17) is 11.5 Å². The summed E-state index contributed by atoms with van der Waals surface area (Å²) in [4.78, 5) is 0.633. The zero-order valence-electron chi connectivity index (χ0n) is 29.4. The van der Waals surface area contributed by atoms with Crippen LogP contribution in [0.25, 0.3) is 21.5 Å². The Morgan fingerprint density at radius 1 is 0.483 bits per heavy atom. The summed E-state index contributed by atoms with van der Waals surface area (Å²) >= 11 is 0. The van der Waals surface area contributed by atoms with Gasteiger partial charge < -0.3 is 0 Å². The topological polar surface area (TPSA) is 412 Å². The van der Waals surface area contributed by atoms with E-state index in [1.165, 1.54) is 31.3 Å². The molecule has 310 valence electrons. The van der Waals surface area contributed by atoms with Gasteiger partial charge in [0, 0.05) is 0 Å². The Kier molecular flexibility index (Phi) is 10.9. The van der Waals surface area contributed by atoms with Crippen molar-refractivity contribution < 1.29 is 72.3 Å². The molecule has 0 heterocycles. The first-order valence-electron chi connectivity index (χ1n) is 15.9. The molecule has 60 heavy (non-hydrogen) atoms. The van der Waals surface area contributed by atoms with Crippen LogP contribution in [0.2, 0.25) is 0 Å². The predicted molar refractivity (Wildman–Crippen MR) is 211 cm³/mol. The second-order valence-corrected chi connectivity index (χ2v) is 18.0. The maximum absolute atomic E-state index is 12.2. The van der Waals surface area contributed by atoms with Crippen molar-refractivity contribution in [1.29, 1.82) is 0 Å². The van der Waals surface area contributed by atoms with Crippen molar-refractivity contribution in [3.63, 3.8) is 0 Å². The Labute approximate surface area is 337 Å². The Bertz CT molecular complexity index is 3180. The molecule has 0 aliphatic carbocycles. The summed E-state index contributed by atoms with van der Waals surface area (Å²) < 4.78 is 134. The molecule has 23 nitrogen and oxygen atoms in total. The standard InChI is InChI=1S/C32H24BN7O16S4/c34-19-11-17(57(45,46)47)5-13-7-25(59(51,52)53)29(31(43)27(13)19)39-37-21-3-1-15(9-23(21)41)33-36-16-2-4-22(24(42)10-16)38-40-30-26(60(54,55)56)8-14-6-18(58(48,49)50)12-20(35)28(14)32(30)44/h1-12,41-44H,34-35H2,(H,45,46,47)(H,48,49,50)(H,51,52,53)(H,54,55,56)/b39-37+,40-38+. The van der Waals surface area contributed by atoms with Crippen molar-refractivity contribution in [2.24, 2.45) is 25.4 Å². The summed E-state index contributed by atoms with van der Waals surface area (Å²) in [5.74, 6) is -3.01. The van der Waals surface area contributed by atoms with E-state index in [9.17, 15) is 72.3 Å². The van der Waals surface area contributed by atoms with Gasteiger partial charge in [-0.05, 0) is 0 Å². The van der Waals surface area contributed by atoms with Gasteiger partial charge in [0.1, 0.15) is 0 Å². The van der Waals surface area contributed by atoms with Gasteiger partial charge in [0.2, 0.25) is 0 Å². The van der Waals surface area contributed by atoms with E-state index in [1.54, 1.807) is 0 Å². The van der Waals surface area contributed by atoms with E-state index in [0.717, 1.165) is 48.5 Å². The van der Waals surface area contributed by atoms with Gasteiger partial charge in [0.25, 0.3) is 20.2 Å². The summed E-state index contributed by atoms with van der Waals surface area (Å²) in [6, 6.07) is 11.9. The normalized spacial score (nSPS) is 12.9. The molecule has 0 amide bonds. The number of fused-ring (bicyclic) bond motifs is 2. The van der Waals surface area contributed by atoms with Crippen LogP contribution in [-0.2, 0) is 40.5 Å². The number of hydrogen-bond acceptors (Lipinski definition) is 19. The van der Waals surface area contributed by atoms with Gasteiger partial charge in [0.05, 0.1) is 4.90 Å². The van der Waals surface area contributed by atoms with E-state index < -0.39 is 106 Å². The quantitative estimate of drug-likeness (QED) is 0.0387. The van der Waals surface area contributed by atoms with E-state index in [-0.39, 0.29) is 44.1 Å². The van der Waals surface area contributed by atoms with Crippen LogP contribution in [-0.4, -0.2) is 79.4 Å². The number of phenols is 4. The molecule has 0 saturated heterocycles. The average Bonchev–Trinajstić information content (AvgIpc) is 3.12. The fourth-order valence-corrected chi connectivity index (χ4v) is 8.02. The fourth-order valence-electron chi connectivity index (χ4n) is 5.61. The molecule has 0 spiro atoms. The Hall–Kier alpha value is -6.66. The van der Waals surface area contributed by atoms with E-state index >= 15 is 0 Å². The van der Waals surface area contributed by atoms with Crippen molar-refractivity contribution >= 4 is 114 Å². The molecule has 0 bridgehead atoms. The molecule has 28 heteroatoms. The Morgan fingerprint density at radius 2 is 0.900 bits per heavy atom. The summed E-state index contributed by atoms with van der Waals surface area (Å²) in [6.45, 7) is 0. The van der Waals surface area contributed by atoms with Crippen molar-refractivity contribution in [3.8, 4) is 23.0 Å². The summed E-state index contributed by atoms with van der Waals surface area (Å²) in [5, 5.41) is 56.6. The molecule has 0 aromatic heterocycles. The van der Waals surface area contributed by atoms with Gasteiger partial charge in [0.15, 0.2) is 0 Å². The average molecular weight is 902 g/mol. The zero-order chi connectivity index (χ0) is 44.3. The molecular weight excluding hydrogens is 877 g/mol. The molecule has 0 unspecified atom stereocenters. The van der Waals surface area contributed by atoms with Gasteiger partial charge in [-0.2, -0.15) is 16.8 Å². The number of hydrogen-bond donors (Lipinski definition) is 10. The van der Waals surface area contributed by atoms with Gasteiger partial charge in [-0.25, -0.2) is 0 Å². The van der Waals surface area contributed by atoms with Crippen LogP contribution >= 0.6 is 0 Å². The van der Waals surface area contributed by atoms with Crippen molar-refractivity contribution in [2.45, 2.75) is 19.6 Å². The first-order chi connectivity index (χ1) is 27.7. The van der Waals surface area contributed by atoms with Crippen LogP contribution in [0.3, 0.4) is 0 Å². The predicted octanol–water partition coefficient (Wildman–Crippen LogP) is 4.64. The van der Waals surface area contributed by atoms with Crippen LogP contribution in [0.15, 0.2) is 118 Å². The number of rotatable bonds is 10. The number of azo groups is 2. The fraction of sp³-hybridized carbons (Fsp3) is 0. The van der Waals surface area contributed by atoms with Gasteiger partial charge in [-0.3, -0.25) is 9.11 Å². The van der Waals surface area contributed by atoms with Crippen molar-refractivity contribution in [1.82, 2.24) is 0 Å². The van der Waals surface area contributed by atoms with E-state index in [1.807, 2.05) is 0 Å². The monoisotopic (exact) mass is 901 g/mol. The summed E-state index contributed by atoms with van der Waals surface area (Å²) in [6.07, 6.45) is 0. The molecule has 0 aliphatic rings. The molecule has 0 aliphatic heterocycles. The van der Waals surface area contributed by atoms with Crippen LogP contribution in [0.5, 0.6) is 23.0 Å². The number of aromatic hydroxyl groups is 4. The molecule has 0 radical (unpaired) electrons. The van der Waals surface area contributed by atoms with Gasteiger partial charge >= 0.3 is 288 Å². The van der Waals surface area contributed by atoms with Gasteiger partial charge in [-0.15, -0.1) is 0 Å². The van der Waals surface area contributed by atoms with E-state index in [0.29, 0.717) is 0 Å². The van der Waals surface area contributed by atoms with Gasteiger partial charge in [-0.1, -0.05) is 0 Å². The van der Waals surface area contributed by atoms with Crippen LogP contribution in [0.4, 0.5) is 39.8 Å². The molecule has 6 rings (SSSR count). The second-order valence-electron chi connectivity index (χ2n) is 12.3. The third-order valence-corrected chi connectivity index (χ3v) is 11.7. The third kappa shape index (κ3) is 8.69. The first-order valence-corrected chi connectivity index (χ1v) is 21.6. The number of nitrogen functional groups attached to an aromatic ring is 2. The summed E-state index contributed by atoms with van der Waals surface area (Å²) in [5.41, 5.74) is 8.95. The molecule has 6 aromatic rings. The summed E-state index contributed by atoms with van der Waals surface area (Å²) in [7, 11) is -18.7. The van der Waals surface area contributed by atoms with Crippen LogP contribution in [0.1, 0.15) is 0 Å². The Balaban J connectivity index is 1.27. The number of benzene rings is 6. The second kappa shape index (κ2) is 15.2. The van der Waals surface area contributed by atoms with E-state index in [2.05, 4.69) is 25.4 Å². The third-order valence-electron chi connectivity index (χ3n) is 8.30. The molecule has 6 aromatic carbocycles. The number of nitrogens with two attached hydrogens (primary N) is 2. The number of nitrogens with zero attached hydrogens (tertiary/aromatic N) is 5.